The molecule has 4 N–H and O–H groups in total. The van der Waals surface area contributed by atoms with Crippen LogP contribution in [0.4, 0.5) is 11.6 Å². The van der Waals surface area contributed by atoms with E-state index >= 15 is 0 Å². The summed E-state index contributed by atoms with van der Waals surface area (Å²) < 4.78 is 5.71. The lowest BCUT2D eigenvalue weighted by atomic mass is 9.99. The second-order valence-electron chi connectivity index (χ2n) is 6.51. The highest BCUT2D eigenvalue weighted by Gasteiger charge is 2.21. The predicted molar refractivity (Wildman–Crippen MR) is 103 cm³/mol. The summed E-state index contributed by atoms with van der Waals surface area (Å²) in [6, 6.07) is 4.10. The van der Waals surface area contributed by atoms with Crippen molar-refractivity contribution in [3.8, 4) is 0 Å². The standard InChI is InChI=1S/C18H26ClN5O/c1-25-16(24-8-2-3-9-24)5-4-12-10-14-15(11-13(12)6-7-19)23-18(21)17(20)22-14/h10-11,16H,2-9H2,1H3,(H2,20,22)(H2,21,23). The molecule has 1 aromatic heterocycles. The number of nitrogen functional groups attached to an aromatic ring is 2. The van der Waals surface area contributed by atoms with E-state index in [0.717, 1.165) is 43.4 Å². The van der Waals surface area contributed by atoms with Gasteiger partial charge in [0.1, 0.15) is 6.23 Å². The summed E-state index contributed by atoms with van der Waals surface area (Å²) in [6.07, 6.45) is 5.30. The van der Waals surface area contributed by atoms with E-state index in [4.69, 9.17) is 27.8 Å². The first-order valence-corrected chi connectivity index (χ1v) is 9.33. The molecule has 1 aliphatic heterocycles. The molecule has 0 aliphatic carbocycles. The minimum absolute atomic E-state index is 0.157. The summed E-state index contributed by atoms with van der Waals surface area (Å²) in [4.78, 5) is 11.1. The lowest BCUT2D eigenvalue weighted by Crippen LogP contribution is -2.34. The largest absolute Gasteiger partial charge is 0.381 e. The Balaban J connectivity index is 1.85. The Morgan fingerprint density at radius 2 is 1.64 bits per heavy atom. The molecule has 1 atom stereocenters. The van der Waals surface area contributed by atoms with Crippen LogP contribution in [0.25, 0.3) is 11.0 Å². The second kappa shape index (κ2) is 8.17. The molecule has 0 spiro atoms. The average molecular weight is 364 g/mol. The van der Waals surface area contributed by atoms with E-state index in [1.54, 1.807) is 7.11 Å². The van der Waals surface area contributed by atoms with E-state index in [1.165, 1.54) is 24.0 Å². The van der Waals surface area contributed by atoms with Crippen LogP contribution in [0.5, 0.6) is 0 Å². The van der Waals surface area contributed by atoms with Crippen LogP contribution in [0, 0.1) is 0 Å². The molecule has 0 amide bonds. The maximum absolute atomic E-state index is 6.00. The summed E-state index contributed by atoms with van der Waals surface area (Å²) in [5, 5.41) is 0. The van der Waals surface area contributed by atoms with Crippen LogP contribution in [-0.4, -0.2) is 47.2 Å². The molecule has 136 valence electrons. The molecule has 0 saturated carbocycles. The lowest BCUT2D eigenvalue weighted by molar-refractivity contribution is -0.0243. The fourth-order valence-corrected chi connectivity index (χ4v) is 3.75. The molecule has 6 nitrogen and oxygen atoms in total. The summed E-state index contributed by atoms with van der Waals surface area (Å²) in [6.45, 7) is 2.23. The van der Waals surface area contributed by atoms with E-state index in [9.17, 15) is 0 Å². The van der Waals surface area contributed by atoms with Gasteiger partial charge < -0.3 is 16.2 Å². The third kappa shape index (κ3) is 4.14. The zero-order valence-electron chi connectivity index (χ0n) is 14.7. The van der Waals surface area contributed by atoms with Gasteiger partial charge >= 0.3 is 0 Å². The molecule has 1 fully saturated rings. The van der Waals surface area contributed by atoms with Gasteiger partial charge in [0.05, 0.1) is 11.0 Å². The Morgan fingerprint density at radius 1 is 1.08 bits per heavy atom. The molecule has 0 radical (unpaired) electrons. The topological polar surface area (TPSA) is 90.3 Å². The Bertz CT molecular complexity index is 733. The highest BCUT2D eigenvalue weighted by molar-refractivity contribution is 6.18. The monoisotopic (exact) mass is 363 g/mol. The minimum atomic E-state index is 0.157. The van der Waals surface area contributed by atoms with Crippen LogP contribution in [-0.2, 0) is 17.6 Å². The van der Waals surface area contributed by atoms with E-state index in [1.807, 2.05) is 6.07 Å². The van der Waals surface area contributed by atoms with Gasteiger partial charge in [-0.05, 0) is 55.4 Å². The maximum atomic E-state index is 6.00. The normalized spacial score (nSPS) is 16.6. The third-order valence-corrected chi connectivity index (χ3v) is 5.07. The number of fused-ring (bicyclic) bond motifs is 1. The van der Waals surface area contributed by atoms with E-state index < -0.39 is 0 Å². The fraction of sp³-hybridized carbons (Fsp3) is 0.556. The van der Waals surface area contributed by atoms with Gasteiger partial charge in [-0.3, -0.25) is 4.90 Å². The number of hydrogen-bond acceptors (Lipinski definition) is 6. The Labute approximate surface area is 153 Å². The number of rotatable bonds is 7. The van der Waals surface area contributed by atoms with Gasteiger partial charge in [0.15, 0.2) is 11.6 Å². The SMILES string of the molecule is COC(CCc1cc2nc(N)c(N)nc2cc1CCCl)N1CCCC1. The molecule has 1 saturated heterocycles. The van der Waals surface area contributed by atoms with Gasteiger partial charge in [-0.15, -0.1) is 11.6 Å². The number of benzene rings is 1. The Hall–Kier alpha value is -1.63. The number of alkyl halides is 1. The van der Waals surface area contributed by atoms with Crippen LogP contribution in [0.2, 0.25) is 0 Å². The highest BCUT2D eigenvalue weighted by Crippen LogP contribution is 2.24. The number of hydrogen-bond donors (Lipinski definition) is 2. The van der Waals surface area contributed by atoms with E-state index in [-0.39, 0.29) is 17.9 Å². The minimum Gasteiger partial charge on any atom is -0.381 e. The first kappa shape index (κ1) is 18.2. The predicted octanol–water partition coefficient (Wildman–Crippen LogP) is 2.58. The molecular weight excluding hydrogens is 338 g/mol. The third-order valence-electron chi connectivity index (χ3n) is 4.89. The van der Waals surface area contributed by atoms with Crippen molar-refractivity contribution >= 4 is 34.3 Å². The van der Waals surface area contributed by atoms with Crippen molar-refractivity contribution in [3.05, 3.63) is 23.3 Å². The van der Waals surface area contributed by atoms with Crippen molar-refractivity contribution in [2.24, 2.45) is 0 Å². The molecule has 2 aromatic rings. The Kier molecular flexibility index (Phi) is 5.93. The smallest absolute Gasteiger partial charge is 0.166 e. The fourth-order valence-electron chi connectivity index (χ4n) is 3.54. The molecule has 2 heterocycles. The summed E-state index contributed by atoms with van der Waals surface area (Å²) in [5.41, 5.74) is 15.6. The average Bonchev–Trinajstić information content (AvgIpc) is 3.12. The molecule has 1 unspecified atom stereocenters. The van der Waals surface area contributed by atoms with Crippen molar-refractivity contribution in [2.45, 2.75) is 38.3 Å². The summed E-state index contributed by atoms with van der Waals surface area (Å²) in [5.74, 6) is 1.11. The number of anilines is 2. The number of aromatic nitrogens is 2. The van der Waals surface area contributed by atoms with Crippen molar-refractivity contribution in [1.29, 1.82) is 0 Å². The number of likely N-dealkylation sites (tertiary alicyclic amines) is 1. The lowest BCUT2D eigenvalue weighted by Gasteiger charge is -2.26. The molecule has 7 heteroatoms. The molecule has 0 bridgehead atoms. The van der Waals surface area contributed by atoms with Crippen molar-refractivity contribution in [2.75, 3.05) is 37.5 Å². The summed E-state index contributed by atoms with van der Waals surface area (Å²) in [7, 11) is 1.79. The molecular formula is C18H26ClN5O. The van der Waals surface area contributed by atoms with Crippen LogP contribution >= 0.6 is 11.6 Å². The second-order valence-corrected chi connectivity index (χ2v) is 6.89. The van der Waals surface area contributed by atoms with Crippen molar-refractivity contribution < 1.29 is 4.74 Å². The summed E-state index contributed by atoms with van der Waals surface area (Å²) >= 11 is 6.00. The first-order chi connectivity index (χ1) is 12.1. The van der Waals surface area contributed by atoms with Crippen LogP contribution in [0.3, 0.4) is 0 Å². The van der Waals surface area contributed by atoms with Crippen LogP contribution in [0.1, 0.15) is 30.4 Å². The molecule has 1 aromatic carbocycles. The van der Waals surface area contributed by atoms with Gasteiger partial charge in [0, 0.05) is 26.1 Å². The van der Waals surface area contributed by atoms with Crippen LogP contribution < -0.4 is 11.5 Å². The van der Waals surface area contributed by atoms with Gasteiger partial charge in [-0.2, -0.15) is 0 Å². The number of nitrogens with zero attached hydrogens (tertiary/aromatic N) is 3. The Morgan fingerprint density at radius 3 is 2.16 bits per heavy atom. The molecule has 25 heavy (non-hydrogen) atoms. The zero-order chi connectivity index (χ0) is 17.8. The zero-order valence-corrected chi connectivity index (χ0v) is 15.4. The van der Waals surface area contributed by atoms with E-state index in [0.29, 0.717) is 5.88 Å². The number of methoxy groups -OCH3 is 1. The number of ether oxygens (including phenoxy) is 1. The number of aryl methyl sites for hydroxylation is 2. The molecule has 3 rings (SSSR count). The van der Waals surface area contributed by atoms with Gasteiger partial charge in [0.25, 0.3) is 0 Å². The first-order valence-electron chi connectivity index (χ1n) is 8.79. The van der Waals surface area contributed by atoms with Gasteiger partial charge in [0.2, 0.25) is 0 Å². The molecule has 1 aliphatic rings. The van der Waals surface area contributed by atoms with Gasteiger partial charge in [-0.1, -0.05) is 0 Å². The number of nitrogens with two attached hydrogens (primary N) is 2. The number of halogens is 1. The van der Waals surface area contributed by atoms with E-state index in [2.05, 4.69) is 20.9 Å². The van der Waals surface area contributed by atoms with Crippen molar-refractivity contribution in [1.82, 2.24) is 14.9 Å². The maximum Gasteiger partial charge on any atom is 0.166 e. The highest BCUT2D eigenvalue weighted by atomic mass is 35.5. The quantitative estimate of drug-likeness (QED) is 0.735. The van der Waals surface area contributed by atoms with Gasteiger partial charge in [-0.25, -0.2) is 9.97 Å². The van der Waals surface area contributed by atoms with Crippen LogP contribution in [0.15, 0.2) is 12.1 Å². The van der Waals surface area contributed by atoms with Crippen molar-refractivity contribution in [3.63, 3.8) is 0 Å².